The number of amides is 1. The number of H-pyrrole nitrogens is 1. The molecule has 1 aliphatic heterocycles. The maximum Gasteiger partial charge on any atom is 0.259 e. The highest BCUT2D eigenvalue weighted by Crippen LogP contribution is 2.35. The van der Waals surface area contributed by atoms with Crippen LogP contribution in [-0.4, -0.2) is 34.8 Å². The molecule has 0 fully saturated rings. The van der Waals surface area contributed by atoms with E-state index in [1.807, 2.05) is 0 Å². The number of ether oxygens (including phenoxy) is 2. The number of carbonyl (C=O) groups excluding carboxylic acids is 1. The second kappa shape index (κ2) is 8.31. The molecule has 1 aromatic carbocycles. The summed E-state index contributed by atoms with van der Waals surface area (Å²) < 4.78 is 11.0. The number of aryl methyl sites for hydroxylation is 2. The predicted octanol–water partition coefficient (Wildman–Crippen LogP) is 3.51. The first-order valence-corrected chi connectivity index (χ1v) is 12.0. The molecule has 0 saturated heterocycles. The quantitative estimate of drug-likeness (QED) is 0.567. The highest BCUT2D eigenvalue weighted by atomic mass is 32.2. The van der Waals surface area contributed by atoms with Crippen LogP contribution in [0.5, 0.6) is 11.5 Å². The maximum atomic E-state index is 12.5. The summed E-state index contributed by atoms with van der Waals surface area (Å²) in [5.41, 5.74) is 1.85. The van der Waals surface area contributed by atoms with Crippen LogP contribution in [0.2, 0.25) is 0 Å². The zero-order chi connectivity index (χ0) is 20.5. The van der Waals surface area contributed by atoms with E-state index >= 15 is 0 Å². The third-order valence-electron chi connectivity index (χ3n) is 5.16. The van der Waals surface area contributed by atoms with E-state index in [1.54, 1.807) is 41.3 Å². The number of hydrogen-bond acceptors (Lipinski definition) is 7. The van der Waals surface area contributed by atoms with E-state index in [-0.39, 0.29) is 11.5 Å². The first-order chi connectivity index (χ1) is 14.7. The average Bonchev–Trinajstić information content (AvgIpc) is 3.32. The van der Waals surface area contributed by atoms with Gasteiger partial charge >= 0.3 is 0 Å². The first kappa shape index (κ1) is 19.4. The zero-order valence-electron chi connectivity index (χ0n) is 16.3. The van der Waals surface area contributed by atoms with Gasteiger partial charge in [-0.05, 0) is 37.0 Å². The highest BCUT2D eigenvalue weighted by molar-refractivity contribution is 7.98. The zero-order valence-corrected chi connectivity index (χ0v) is 17.9. The Kier molecular flexibility index (Phi) is 5.39. The number of thiophene rings is 1. The van der Waals surface area contributed by atoms with E-state index in [0.717, 1.165) is 29.5 Å². The summed E-state index contributed by atoms with van der Waals surface area (Å²) in [5.74, 6) is 3.17. The Morgan fingerprint density at radius 2 is 2.10 bits per heavy atom. The van der Waals surface area contributed by atoms with Gasteiger partial charge in [-0.3, -0.25) is 9.59 Å². The number of carbonyl (C=O) groups is 1. The minimum Gasteiger partial charge on any atom is -0.486 e. The molecule has 9 heteroatoms. The van der Waals surface area contributed by atoms with E-state index in [0.29, 0.717) is 54.2 Å². The van der Waals surface area contributed by atoms with E-state index in [1.165, 1.54) is 10.4 Å². The number of fused-ring (bicyclic) bond motifs is 4. The van der Waals surface area contributed by atoms with Gasteiger partial charge in [0.1, 0.15) is 23.9 Å². The molecular weight excluding hydrogens is 422 g/mol. The highest BCUT2D eigenvalue weighted by Gasteiger charge is 2.21. The van der Waals surface area contributed by atoms with E-state index < -0.39 is 0 Å². The maximum absolute atomic E-state index is 12.5. The number of thioether (sulfide) groups is 1. The van der Waals surface area contributed by atoms with Gasteiger partial charge in [-0.1, -0.05) is 0 Å². The number of nitrogens with one attached hydrogen (secondary N) is 2. The molecule has 2 aliphatic rings. The SMILES string of the molecule is O=C(CCSCc1nc2sc3c(c2c(=O)[nH]1)CCC3)Nc1ccc2c(c1)OCCO2. The fourth-order valence-electron chi connectivity index (χ4n) is 3.79. The van der Waals surface area contributed by atoms with Crippen molar-refractivity contribution in [2.24, 2.45) is 0 Å². The first-order valence-electron chi connectivity index (χ1n) is 9.98. The molecule has 0 atom stereocenters. The second-order valence-corrected chi connectivity index (χ2v) is 9.45. The molecule has 30 heavy (non-hydrogen) atoms. The lowest BCUT2D eigenvalue weighted by Crippen LogP contribution is -2.16. The number of aromatic nitrogens is 2. The summed E-state index contributed by atoms with van der Waals surface area (Å²) >= 11 is 3.23. The largest absolute Gasteiger partial charge is 0.486 e. The van der Waals surface area contributed by atoms with Gasteiger partial charge in [-0.15, -0.1) is 11.3 Å². The molecular formula is C21H21N3O4S2. The van der Waals surface area contributed by atoms with Gasteiger partial charge in [-0.25, -0.2) is 4.98 Å². The Balaban J connectivity index is 1.14. The molecule has 0 saturated carbocycles. The van der Waals surface area contributed by atoms with Crippen LogP contribution in [0.25, 0.3) is 10.2 Å². The van der Waals surface area contributed by atoms with Crippen molar-refractivity contribution in [2.45, 2.75) is 31.4 Å². The van der Waals surface area contributed by atoms with Gasteiger partial charge in [0, 0.05) is 28.8 Å². The van der Waals surface area contributed by atoms with Gasteiger partial charge in [-0.2, -0.15) is 11.8 Å². The summed E-state index contributed by atoms with van der Waals surface area (Å²) in [6.07, 6.45) is 3.53. The number of aromatic amines is 1. The molecule has 0 spiro atoms. The lowest BCUT2D eigenvalue weighted by molar-refractivity contribution is -0.115. The summed E-state index contributed by atoms with van der Waals surface area (Å²) in [5, 5.41) is 3.66. The number of nitrogens with zero attached hydrogens (tertiary/aromatic N) is 1. The molecule has 2 aromatic heterocycles. The monoisotopic (exact) mass is 443 g/mol. The Labute approximate surface area is 181 Å². The van der Waals surface area contributed by atoms with Gasteiger partial charge in [0.15, 0.2) is 11.5 Å². The van der Waals surface area contributed by atoms with Crippen LogP contribution >= 0.6 is 23.1 Å². The molecule has 2 N–H and O–H groups in total. The third kappa shape index (κ3) is 3.91. The van der Waals surface area contributed by atoms with Gasteiger partial charge < -0.3 is 19.8 Å². The Hall–Kier alpha value is -2.52. The predicted molar refractivity (Wildman–Crippen MR) is 119 cm³/mol. The molecule has 7 nitrogen and oxygen atoms in total. The van der Waals surface area contributed by atoms with Crippen molar-refractivity contribution in [1.29, 1.82) is 0 Å². The summed E-state index contributed by atoms with van der Waals surface area (Å²) in [7, 11) is 0. The average molecular weight is 444 g/mol. The van der Waals surface area contributed by atoms with E-state index in [2.05, 4.69) is 15.3 Å². The van der Waals surface area contributed by atoms with Crippen LogP contribution in [0.4, 0.5) is 5.69 Å². The van der Waals surface area contributed by atoms with Gasteiger partial charge in [0.25, 0.3) is 5.56 Å². The van der Waals surface area contributed by atoms with Crippen LogP contribution in [0.1, 0.15) is 29.1 Å². The van der Waals surface area contributed by atoms with Crippen LogP contribution in [0, 0.1) is 0 Å². The summed E-state index contributed by atoms with van der Waals surface area (Å²) in [4.78, 5) is 34.4. The van der Waals surface area contributed by atoms with E-state index in [4.69, 9.17) is 9.47 Å². The van der Waals surface area contributed by atoms with Crippen molar-refractivity contribution < 1.29 is 14.3 Å². The van der Waals surface area contributed by atoms with Gasteiger partial charge in [0.2, 0.25) is 5.91 Å². The number of hydrogen-bond donors (Lipinski definition) is 2. The second-order valence-electron chi connectivity index (χ2n) is 7.26. The molecule has 0 unspecified atom stereocenters. The van der Waals surface area contributed by atoms with Gasteiger partial charge in [0.05, 0.1) is 11.1 Å². The molecule has 3 heterocycles. The lowest BCUT2D eigenvalue weighted by atomic mass is 10.2. The number of benzene rings is 1. The fourth-order valence-corrected chi connectivity index (χ4v) is 5.88. The number of rotatable bonds is 6. The lowest BCUT2D eigenvalue weighted by Gasteiger charge is -2.19. The summed E-state index contributed by atoms with van der Waals surface area (Å²) in [6, 6.07) is 5.39. The Morgan fingerprint density at radius 1 is 1.23 bits per heavy atom. The van der Waals surface area contributed by atoms with Crippen molar-refractivity contribution in [2.75, 3.05) is 24.3 Å². The number of anilines is 1. The van der Waals surface area contributed by atoms with Crippen molar-refractivity contribution in [1.82, 2.24) is 9.97 Å². The molecule has 156 valence electrons. The minimum atomic E-state index is -0.0641. The third-order valence-corrected chi connectivity index (χ3v) is 7.32. The van der Waals surface area contributed by atoms with Crippen LogP contribution in [0.3, 0.4) is 0 Å². The standard InChI is InChI=1S/C21H21N3O4S2/c25-18(22-12-4-5-14-15(10-12)28-8-7-27-14)6-9-29-11-17-23-20(26)19-13-2-1-3-16(13)30-21(19)24-17/h4-5,10H,1-3,6-9,11H2,(H,22,25)(H,23,24,26). The fraction of sp³-hybridized carbons (Fsp3) is 0.381. The van der Waals surface area contributed by atoms with E-state index in [9.17, 15) is 9.59 Å². The Bertz CT molecular complexity index is 1170. The molecule has 1 amide bonds. The van der Waals surface area contributed by atoms with Crippen LogP contribution in [0.15, 0.2) is 23.0 Å². The molecule has 0 radical (unpaired) electrons. The minimum absolute atomic E-state index is 0.0358. The van der Waals surface area contributed by atoms with Crippen molar-refractivity contribution in [3.05, 3.63) is 44.8 Å². The molecule has 0 bridgehead atoms. The van der Waals surface area contributed by atoms with Crippen LogP contribution in [-0.2, 0) is 23.4 Å². The summed E-state index contributed by atoms with van der Waals surface area (Å²) in [6.45, 7) is 1.05. The van der Waals surface area contributed by atoms with Crippen molar-refractivity contribution in [3.8, 4) is 11.5 Å². The molecule has 1 aliphatic carbocycles. The Morgan fingerprint density at radius 3 is 3.00 bits per heavy atom. The topological polar surface area (TPSA) is 93.3 Å². The van der Waals surface area contributed by atoms with Crippen molar-refractivity contribution in [3.63, 3.8) is 0 Å². The van der Waals surface area contributed by atoms with Crippen LogP contribution < -0.4 is 20.3 Å². The molecule has 5 rings (SSSR count). The smallest absolute Gasteiger partial charge is 0.259 e. The van der Waals surface area contributed by atoms with Crippen molar-refractivity contribution >= 4 is 44.9 Å². The normalized spacial score (nSPS) is 14.7. The molecule has 3 aromatic rings.